The summed E-state index contributed by atoms with van der Waals surface area (Å²) in [5, 5.41) is 38.4. The average molecular weight is 334 g/mol. The molecule has 1 aliphatic heterocycles. The van der Waals surface area contributed by atoms with Crippen LogP contribution in [0.5, 0.6) is 0 Å². The summed E-state index contributed by atoms with van der Waals surface area (Å²) >= 11 is 0. The number of anilines is 1. The minimum atomic E-state index is -4.07. The number of nitrogen functional groups attached to an aromatic ring is 1. The van der Waals surface area contributed by atoms with Crippen molar-refractivity contribution in [2.24, 2.45) is 0 Å². The molecule has 0 saturated carbocycles. The van der Waals surface area contributed by atoms with Crippen LogP contribution in [0.3, 0.4) is 0 Å². The molecule has 0 unspecified atom stereocenters. The van der Waals surface area contributed by atoms with Crippen molar-refractivity contribution in [2.75, 3.05) is 12.3 Å². The molecule has 0 aromatic heterocycles. The van der Waals surface area contributed by atoms with E-state index in [2.05, 4.69) is 4.72 Å². The number of aliphatic hydroxyl groups excluding tert-OH is 4. The van der Waals surface area contributed by atoms with E-state index in [-0.39, 0.29) is 4.90 Å². The maximum absolute atomic E-state index is 12.2. The van der Waals surface area contributed by atoms with E-state index in [1.165, 1.54) is 24.3 Å². The van der Waals surface area contributed by atoms with E-state index in [0.717, 1.165) is 0 Å². The Labute approximate surface area is 127 Å². The Bertz CT molecular complexity index is 606. The predicted octanol–water partition coefficient (Wildman–Crippen LogP) is -2.65. The molecule has 10 heteroatoms. The largest absolute Gasteiger partial charge is 0.399 e. The van der Waals surface area contributed by atoms with Crippen LogP contribution in [0.15, 0.2) is 29.2 Å². The Morgan fingerprint density at radius 3 is 2.27 bits per heavy atom. The molecule has 1 saturated heterocycles. The van der Waals surface area contributed by atoms with Gasteiger partial charge in [-0.2, -0.15) is 0 Å². The molecule has 1 aromatic carbocycles. The van der Waals surface area contributed by atoms with Gasteiger partial charge in [0, 0.05) is 5.69 Å². The van der Waals surface area contributed by atoms with Crippen LogP contribution < -0.4 is 10.5 Å². The third-order valence-corrected chi connectivity index (χ3v) is 4.86. The van der Waals surface area contributed by atoms with E-state index >= 15 is 0 Å². The zero-order valence-electron chi connectivity index (χ0n) is 11.4. The van der Waals surface area contributed by atoms with Crippen molar-refractivity contribution in [1.82, 2.24) is 4.72 Å². The highest BCUT2D eigenvalue weighted by molar-refractivity contribution is 7.89. The smallest absolute Gasteiger partial charge is 0.241 e. The minimum absolute atomic E-state index is 0.125. The highest BCUT2D eigenvalue weighted by Gasteiger charge is 2.45. The second kappa shape index (κ2) is 6.46. The normalized spacial score (nSPS) is 32.8. The van der Waals surface area contributed by atoms with E-state index in [4.69, 9.17) is 15.6 Å². The van der Waals surface area contributed by atoms with Crippen LogP contribution in [0.2, 0.25) is 0 Å². The zero-order chi connectivity index (χ0) is 16.5. The summed E-state index contributed by atoms with van der Waals surface area (Å²) in [5.41, 5.74) is 5.85. The van der Waals surface area contributed by atoms with Crippen molar-refractivity contribution < 1.29 is 33.6 Å². The first-order chi connectivity index (χ1) is 10.3. The first-order valence-electron chi connectivity index (χ1n) is 6.44. The molecular weight excluding hydrogens is 316 g/mol. The zero-order valence-corrected chi connectivity index (χ0v) is 12.2. The number of ether oxygens (including phenoxy) is 1. The van der Waals surface area contributed by atoms with E-state index in [1.54, 1.807) is 0 Å². The number of sulfonamides is 1. The lowest BCUT2D eigenvalue weighted by Gasteiger charge is -2.40. The molecule has 1 aromatic rings. The molecular formula is C12H18N2O7S. The van der Waals surface area contributed by atoms with Crippen molar-refractivity contribution >= 4 is 15.7 Å². The lowest BCUT2D eigenvalue weighted by Crippen LogP contribution is -2.64. The van der Waals surface area contributed by atoms with Gasteiger partial charge in [-0.3, -0.25) is 0 Å². The maximum Gasteiger partial charge on any atom is 0.241 e. The number of benzene rings is 1. The molecule has 0 bridgehead atoms. The number of hydrogen-bond donors (Lipinski definition) is 6. The first kappa shape index (κ1) is 17.1. The molecule has 1 heterocycles. The summed E-state index contributed by atoms with van der Waals surface area (Å²) in [5.74, 6) is 0. The van der Waals surface area contributed by atoms with Gasteiger partial charge in [0.2, 0.25) is 10.0 Å². The number of aliphatic hydroxyl groups is 4. The Hall–Kier alpha value is -1.27. The molecule has 1 aliphatic rings. The van der Waals surface area contributed by atoms with Crippen molar-refractivity contribution in [1.29, 1.82) is 0 Å². The van der Waals surface area contributed by atoms with Crippen molar-refractivity contribution in [2.45, 2.75) is 35.5 Å². The molecule has 2 rings (SSSR count). The predicted molar refractivity (Wildman–Crippen MR) is 74.9 cm³/mol. The van der Waals surface area contributed by atoms with Crippen molar-refractivity contribution in [3.05, 3.63) is 24.3 Å². The van der Waals surface area contributed by atoms with E-state index in [0.29, 0.717) is 5.69 Å². The maximum atomic E-state index is 12.2. The molecule has 1 fully saturated rings. The molecule has 0 spiro atoms. The lowest BCUT2D eigenvalue weighted by molar-refractivity contribution is -0.251. The average Bonchev–Trinajstić information content (AvgIpc) is 2.48. The van der Waals surface area contributed by atoms with Gasteiger partial charge in [0.1, 0.15) is 24.4 Å². The molecule has 124 valence electrons. The third-order valence-electron chi connectivity index (χ3n) is 3.38. The Morgan fingerprint density at radius 2 is 1.73 bits per heavy atom. The van der Waals surface area contributed by atoms with Crippen LogP contribution in [0.25, 0.3) is 0 Å². The van der Waals surface area contributed by atoms with Gasteiger partial charge < -0.3 is 30.9 Å². The second-order valence-corrected chi connectivity index (χ2v) is 6.66. The van der Waals surface area contributed by atoms with Crippen LogP contribution in [0.4, 0.5) is 5.69 Å². The quantitative estimate of drug-likeness (QED) is 0.325. The van der Waals surface area contributed by atoms with Gasteiger partial charge in [-0.1, -0.05) is 0 Å². The van der Waals surface area contributed by atoms with Gasteiger partial charge in [-0.15, -0.1) is 0 Å². The number of rotatable bonds is 4. The summed E-state index contributed by atoms with van der Waals surface area (Å²) < 4.78 is 31.4. The fraction of sp³-hybridized carbons (Fsp3) is 0.500. The van der Waals surface area contributed by atoms with Gasteiger partial charge in [0.25, 0.3) is 0 Å². The molecule has 9 nitrogen and oxygen atoms in total. The van der Waals surface area contributed by atoms with Crippen LogP contribution in [-0.4, -0.2) is 66.1 Å². The summed E-state index contributed by atoms with van der Waals surface area (Å²) in [7, 11) is -4.07. The van der Waals surface area contributed by atoms with Crippen LogP contribution in [0, 0.1) is 0 Å². The fourth-order valence-corrected chi connectivity index (χ4v) is 3.36. The highest BCUT2D eigenvalue weighted by Crippen LogP contribution is 2.22. The van der Waals surface area contributed by atoms with Gasteiger partial charge in [-0.05, 0) is 24.3 Å². The first-order valence-corrected chi connectivity index (χ1v) is 7.93. The number of nitrogens with one attached hydrogen (secondary N) is 1. The van der Waals surface area contributed by atoms with Gasteiger partial charge in [0.15, 0.2) is 6.29 Å². The summed E-state index contributed by atoms with van der Waals surface area (Å²) in [6.45, 7) is -0.632. The SMILES string of the molecule is Nc1ccc(S(=O)(=O)N[C@@H]2[C@H](O)[C@H](O)[C@H](CO)O[C@@H]2O)cc1. The van der Waals surface area contributed by atoms with Crippen LogP contribution in [0.1, 0.15) is 0 Å². The highest BCUT2D eigenvalue weighted by atomic mass is 32.2. The Morgan fingerprint density at radius 1 is 1.14 bits per heavy atom. The summed E-state index contributed by atoms with van der Waals surface area (Å²) in [4.78, 5) is -0.125. The molecule has 0 amide bonds. The molecule has 22 heavy (non-hydrogen) atoms. The molecule has 0 radical (unpaired) electrons. The standard InChI is InChI=1S/C12H18N2O7S/c13-6-1-3-7(4-2-6)22(19,20)14-9-11(17)10(16)8(5-15)21-12(9)18/h1-4,8-12,14-18H,5,13H2/t8-,9+,10+,11-,12-/m0/s1. The summed E-state index contributed by atoms with van der Waals surface area (Å²) in [6, 6.07) is 3.80. The third kappa shape index (κ3) is 3.38. The Balaban J connectivity index is 2.20. The van der Waals surface area contributed by atoms with Crippen molar-refractivity contribution in [3.8, 4) is 0 Å². The molecule has 0 aliphatic carbocycles. The van der Waals surface area contributed by atoms with Crippen LogP contribution >= 0.6 is 0 Å². The fourth-order valence-electron chi connectivity index (χ4n) is 2.12. The summed E-state index contributed by atoms with van der Waals surface area (Å²) in [6.07, 6.45) is -6.13. The van der Waals surface area contributed by atoms with Gasteiger partial charge >= 0.3 is 0 Å². The topological polar surface area (TPSA) is 162 Å². The van der Waals surface area contributed by atoms with Gasteiger partial charge in [-0.25, -0.2) is 13.1 Å². The van der Waals surface area contributed by atoms with Crippen LogP contribution in [-0.2, 0) is 14.8 Å². The minimum Gasteiger partial charge on any atom is -0.399 e. The van der Waals surface area contributed by atoms with E-state index in [1.807, 2.05) is 0 Å². The van der Waals surface area contributed by atoms with E-state index < -0.39 is 47.3 Å². The monoisotopic (exact) mass is 334 g/mol. The number of hydrogen-bond acceptors (Lipinski definition) is 8. The second-order valence-electron chi connectivity index (χ2n) is 4.94. The number of nitrogens with two attached hydrogens (primary N) is 1. The lowest BCUT2D eigenvalue weighted by atomic mass is 9.98. The van der Waals surface area contributed by atoms with Gasteiger partial charge in [0.05, 0.1) is 11.5 Å². The molecule has 7 N–H and O–H groups in total. The molecule has 5 atom stereocenters. The van der Waals surface area contributed by atoms with E-state index in [9.17, 15) is 23.7 Å². The van der Waals surface area contributed by atoms with Crippen molar-refractivity contribution in [3.63, 3.8) is 0 Å². The Kier molecular flexibility index (Phi) is 5.02.